The van der Waals surface area contributed by atoms with Crippen molar-refractivity contribution in [3.8, 4) is 5.75 Å². The van der Waals surface area contributed by atoms with Crippen molar-refractivity contribution < 1.29 is 14.2 Å². The van der Waals surface area contributed by atoms with E-state index < -0.39 is 0 Å². The van der Waals surface area contributed by atoms with E-state index in [1.165, 1.54) is 4.90 Å². The molecule has 1 heterocycles. The second kappa shape index (κ2) is 6.89. The molecule has 3 nitrogen and oxygen atoms in total. The van der Waals surface area contributed by atoms with Gasteiger partial charge >= 0.3 is 0 Å². The third-order valence-corrected chi connectivity index (χ3v) is 3.32. The molecule has 17 heavy (non-hydrogen) atoms. The minimum absolute atomic E-state index is 0.0887. The Balaban J connectivity index is 1.69. The van der Waals surface area contributed by atoms with Crippen LogP contribution in [0.3, 0.4) is 0 Å². The van der Waals surface area contributed by atoms with Gasteiger partial charge in [-0.1, -0.05) is 0 Å². The molecule has 2 rings (SSSR count). The van der Waals surface area contributed by atoms with Crippen LogP contribution in [0.5, 0.6) is 5.75 Å². The SMILES string of the molecule is CSc1ccc(OCCC2OCCCO2)cc1. The highest BCUT2D eigenvalue weighted by atomic mass is 32.2. The van der Waals surface area contributed by atoms with E-state index in [1.807, 2.05) is 12.1 Å². The molecule has 0 radical (unpaired) electrons. The summed E-state index contributed by atoms with van der Waals surface area (Å²) in [6.07, 6.45) is 3.75. The van der Waals surface area contributed by atoms with Crippen LogP contribution in [0.1, 0.15) is 12.8 Å². The first-order chi connectivity index (χ1) is 8.38. The lowest BCUT2D eigenvalue weighted by molar-refractivity contribution is -0.183. The summed E-state index contributed by atoms with van der Waals surface area (Å²) in [6, 6.07) is 8.12. The van der Waals surface area contributed by atoms with Gasteiger partial charge in [-0.25, -0.2) is 0 Å². The summed E-state index contributed by atoms with van der Waals surface area (Å²) in [5, 5.41) is 0. The molecule has 0 saturated carbocycles. The van der Waals surface area contributed by atoms with E-state index >= 15 is 0 Å². The van der Waals surface area contributed by atoms with Crippen molar-refractivity contribution >= 4 is 11.8 Å². The van der Waals surface area contributed by atoms with Crippen LogP contribution in [0.25, 0.3) is 0 Å². The second-order valence-corrected chi connectivity index (χ2v) is 4.72. The van der Waals surface area contributed by atoms with Gasteiger partial charge in [-0.3, -0.25) is 0 Å². The highest BCUT2D eigenvalue weighted by Gasteiger charge is 2.13. The lowest BCUT2D eigenvalue weighted by atomic mass is 10.3. The average Bonchev–Trinajstić information content (AvgIpc) is 2.41. The molecule has 1 aliphatic rings. The topological polar surface area (TPSA) is 27.7 Å². The van der Waals surface area contributed by atoms with Crippen molar-refractivity contribution in [3.63, 3.8) is 0 Å². The lowest BCUT2D eigenvalue weighted by Gasteiger charge is -2.23. The Bertz CT molecular complexity index is 320. The number of thioether (sulfide) groups is 1. The van der Waals surface area contributed by atoms with Crippen LogP contribution in [0.15, 0.2) is 29.2 Å². The van der Waals surface area contributed by atoms with Gasteiger partial charge in [0.25, 0.3) is 0 Å². The zero-order valence-corrected chi connectivity index (χ0v) is 10.9. The quantitative estimate of drug-likeness (QED) is 0.755. The molecular weight excluding hydrogens is 236 g/mol. The summed E-state index contributed by atoms with van der Waals surface area (Å²) in [4.78, 5) is 1.25. The van der Waals surface area contributed by atoms with Gasteiger partial charge in [-0.05, 0) is 36.9 Å². The molecule has 1 saturated heterocycles. The van der Waals surface area contributed by atoms with Crippen LogP contribution < -0.4 is 4.74 Å². The fourth-order valence-electron chi connectivity index (χ4n) is 1.65. The first-order valence-corrected chi connectivity index (χ1v) is 7.11. The molecule has 0 aromatic heterocycles. The van der Waals surface area contributed by atoms with Crippen LogP contribution in [0.4, 0.5) is 0 Å². The van der Waals surface area contributed by atoms with E-state index in [0.717, 1.165) is 31.8 Å². The first kappa shape index (κ1) is 12.7. The van der Waals surface area contributed by atoms with E-state index in [0.29, 0.717) is 6.61 Å². The van der Waals surface area contributed by atoms with E-state index in [2.05, 4.69) is 18.4 Å². The fraction of sp³-hybridized carbons (Fsp3) is 0.538. The molecule has 0 N–H and O–H groups in total. The molecule has 0 bridgehead atoms. The molecule has 1 fully saturated rings. The van der Waals surface area contributed by atoms with Gasteiger partial charge in [0.15, 0.2) is 6.29 Å². The Labute approximate surface area is 106 Å². The summed E-state index contributed by atoms with van der Waals surface area (Å²) in [7, 11) is 0. The van der Waals surface area contributed by atoms with Gasteiger partial charge in [0.05, 0.1) is 19.8 Å². The summed E-state index contributed by atoms with van der Waals surface area (Å²) in [5.74, 6) is 0.901. The van der Waals surface area contributed by atoms with Crippen LogP contribution in [0, 0.1) is 0 Å². The molecular formula is C13H18O3S. The predicted molar refractivity (Wildman–Crippen MR) is 68.6 cm³/mol. The maximum absolute atomic E-state index is 5.64. The molecule has 1 aromatic rings. The van der Waals surface area contributed by atoms with Crippen molar-refractivity contribution in [1.29, 1.82) is 0 Å². The van der Waals surface area contributed by atoms with Crippen LogP contribution in [-0.4, -0.2) is 32.4 Å². The van der Waals surface area contributed by atoms with Crippen molar-refractivity contribution in [2.75, 3.05) is 26.1 Å². The molecule has 1 aromatic carbocycles. The highest BCUT2D eigenvalue weighted by molar-refractivity contribution is 7.98. The maximum Gasteiger partial charge on any atom is 0.160 e. The highest BCUT2D eigenvalue weighted by Crippen LogP contribution is 2.19. The molecule has 1 aliphatic heterocycles. The number of ether oxygens (including phenoxy) is 3. The normalized spacial score (nSPS) is 17.0. The Kier molecular flexibility index (Phi) is 5.16. The molecule has 94 valence electrons. The molecule has 0 aliphatic carbocycles. The van der Waals surface area contributed by atoms with Crippen LogP contribution in [-0.2, 0) is 9.47 Å². The summed E-state index contributed by atoms with van der Waals surface area (Å²) < 4.78 is 16.5. The van der Waals surface area contributed by atoms with Crippen LogP contribution >= 0.6 is 11.8 Å². The largest absolute Gasteiger partial charge is 0.493 e. The summed E-state index contributed by atoms with van der Waals surface area (Å²) >= 11 is 1.73. The number of benzene rings is 1. The second-order valence-electron chi connectivity index (χ2n) is 3.84. The van der Waals surface area contributed by atoms with Crippen LogP contribution in [0.2, 0.25) is 0 Å². The van der Waals surface area contributed by atoms with Gasteiger partial charge in [-0.2, -0.15) is 0 Å². The van der Waals surface area contributed by atoms with Gasteiger partial charge in [0.1, 0.15) is 5.75 Å². The van der Waals surface area contributed by atoms with Gasteiger partial charge in [-0.15, -0.1) is 11.8 Å². The minimum atomic E-state index is -0.0887. The van der Waals surface area contributed by atoms with Crippen molar-refractivity contribution in [3.05, 3.63) is 24.3 Å². The van der Waals surface area contributed by atoms with E-state index in [-0.39, 0.29) is 6.29 Å². The zero-order valence-electron chi connectivity index (χ0n) is 10.1. The maximum atomic E-state index is 5.64. The molecule has 0 spiro atoms. The monoisotopic (exact) mass is 254 g/mol. The standard InChI is InChI=1S/C13H18O3S/c1-17-12-5-3-11(4-6-12)14-10-7-13-15-8-2-9-16-13/h3-6,13H,2,7-10H2,1H3. The van der Waals surface area contributed by atoms with Crippen molar-refractivity contribution in [1.82, 2.24) is 0 Å². The van der Waals surface area contributed by atoms with E-state index in [1.54, 1.807) is 11.8 Å². The lowest BCUT2D eigenvalue weighted by Crippen LogP contribution is -2.26. The van der Waals surface area contributed by atoms with Gasteiger partial charge in [0.2, 0.25) is 0 Å². The van der Waals surface area contributed by atoms with Gasteiger partial charge < -0.3 is 14.2 Å². The predicted octanol–water partition coefficient (Wildman–Crippen LogP) is 2.94. The third kappa shape index (κ3) is 4.22. The molecule has 0 unspecified atom stereocenters. The number of rotatable bonds is 5. The minimum Gasteiger partial charge on any atom is -0.493 e. The Hall–Kier alpha value is -0.710. The zero-order chi connectivity index (χ0) is 11.9. The Morgan fingerprint density at radius 2 is 1.94 bits per heavy atom. The number of hydrogen-bond acceptors (Lipinski definition) is 4. The first-order valence-electron chi connectivity index (χ1n) is 5.88. The van der Waals surface area contributed by atoms with E-state index in [4.69, 9.17) is 14.2 Å². The summed E-state index contributed by atoms with van der Waals surface area (Å²) in [5.41, 5.74) is 0. The molecule has 0 amide bonds. The Morgan fingerprint density at radius 1 is 1.24 bits per heavy atom. The summed E-state index contributed by atoms with van der Waals surface area (Å²) in [6.45, 7) is 2.23. The Morgan fingerprint density at radius 3 is 2.59 bits per heavy atom. The molecule has 4 heteroatoms. The smallest absolute Gasteiger partial charge is 0.160 e. The average molecular weight is 254 g/mol. The van der Waals surface area contributed by atoms with E-state index in [9.17, 15) is 0 Å². The number of hydrogen-bond donors (Lipinski definition) is 0. The molecule has 0 atom stereocenters. The fourth-order valence-corrected chi connectivity index (χ4v) is 2.06. The third-order valence-electron chi connectivity index (χ3n) is 2.58. The van der Waals surface area contributed by atoms with Crippen molar-refractivity contribution in [2.45, 2.75) is 24.0 Å². The van der Waals surface area contributed by atoms with Crippen molar-refractivity contribution in [2.24, 2.45) is 0 Å². The van der Waals surface area contributed by atoms with Gasteiger partial charge in [0, 0.05) is 11.3 Å².